The molecule has 3 nitrogen and oxygen atoms in total. The van der Waals surface area contributed by atoms with Gasteiger partial charge in [0.15, 0.2) is 0 Å². The molecule has 0 saturated carbocycles. The molecule has 0 unspecified atom stereocenters. The molecular formula is C18H19Cl2NO2S. The van der Waals surface area contributed by atoms with Gasteiger partial charge in [-0.15, -0.1) is 11.8 Å². The summed E-state index contributed by atoms with van der Waals surface area (Å²) in [7, 11) is 0. The number of carbonyl (C=O) groups excluding carboxylic acids is 1. The summed E-state index contributed by atoms with van der Waals surface area (Å²) in [6.07, 6.45) is 0. The van der Waals surface area contributed by atoms with Crippen molar-refractivity contribution in [2.75, 3.05) is 17.7 Å². The number of rotatable bonds is 7. The topological polar surface area (TPSA) is 38.3 Å². The highest BCUT2D eigenvalue weighted by Gasteiger charge is 2.12. The van der Waals surface area contributed by atoms with E-state index in [0.717, 1.165) is 16.9 Å². The number of thioether (sulfide) groups is 1. The van der Waals surface area contributed by atoms with E-state index < -0.39 is 0 Å². The van der Waals surface area contributed by atoms with Gasteiger partial charge >= 0.3 is 0 Å². The fraction of sp³-hybridized carbons (Fsp3) is 0.278. The third kappa shape index (κ3) is 5.07. The predicted molar refractivity (Wildman–Crippen MR) is 104 cm³/mol. The molecule has 0 bridgehead atoms. The number of hydrogen-bond donors (Lipinski definition) is 1. The highest BCUT2D eigenvalue weighted by Crippen LogP contribution is 2.33. The number of amides is 1. The lowest BCUT2D eigenvalue weighted by molar-refractivity contribution is -0.113. The number of benzene rings is 2. The molecule has 0 aromatic heterocycles. The molecule has 0 radical (unpaired) electrons. The lowest BCUT2D eigenvalue weighted by Gasteiger charge is -2.12. The Morgan fingerprint density at radius 3 is 2.71 bits per heavy atom. The predicted octanol–water partition coefficient (Wildman–Crippen LogP) is 5.57. The minimum Gasteiger partial charge on any atom is -0.494 e. The summed E-state index contributed by atoms with van der Waals surface area (Å²) in [5, 5.41) is 3.70. The van der Waals surface area contributed by atoms with Crippen LogP contribution in [0.5, 0.6) is 5.75 Å². The molecule has 0 atom stereocenters. The summed E-state index contributed by atoms with van der Waals surface area (Å²) in [6, 6.07) is 11.4. The molecule has 6 heteroatoms. The zero-order valence-corrected chi connectivity index (χ0v) is 15.9. The molecule has 0 aliphatic heterocycles. The van der Waals surface area contributed by atoms with Gasteiger partial charge in [0.2, 0.25) is 5.91 Å². The largest absolute Gasteiger partial charge is 0.494 e. The van der Waals surface area contributed by atoms with Crippen LogP contribution in [0.4, 0.5) is 5.69 Å². The number of anilines is 1. The van der Waals surface area contributed by atoms with Crippen LogP contribution in [0.15, 0.2) is 36.4 Å². The maximum atomic E-state index is 12.1. The summed E-state index contributed by atoms with van der Waals surface area (Å²) in [6.45, 7) is 4.44. The maximum Gasteiger partial charge on any atom is 0.234 e. The number of carbonyl (C=O) groups is 1. The van der Waals surface area contributed by atoms with E-state index in [4.69, 9.17) is 27.9 Å². The van der Waals surface area contributed by atoms with Crippen LogP contribution in [0.25, 0.3) is 0 Å². The lowest BCUT2D eigenvalue weighted by Crippen LogP contribution is -2.15. The van der Waals surface area contributed by atoms with Gasteiger partial charge in [-0.1, -0.05) is 47.5 Å². The van der Waals surface area contributed by atoms with Crippen molar-refractivity contribution in [1.29, 1.82) is 0 Å². The standard InChI is InChI=1S/C18H19Cl2NO2S/c1-3-23-15-7-5-4-6-13(15)10-24-11-16(22)21-18-14(19)9-8-12(2)17(18)20/h4-9H,3,10-11H2,1-2H3,(H,21,22). The average Bonchev–Trinajstić information content (AvgIpc) is 2.57. The van der Waals surface area contributed by atoms with Crippen LogP contribution >= 0.6 is 35.0 Å². The Morgan fingerprint density at radius 1 is 1.21 bits per heavy atom. The van der Waals surface area contributed by atoms with Crippen LogP contribution in [0, 0.1) is 6.92 Å². The van der Waals surface area contributed by atoms with Gasteiger partial charge in [0.1, 0.15) is 5.75 Å². The number of halogens is 2. The summed E-state index contributed by atoms with van der Waals surface area (Å²) in [4.78, 5) is 12.1. The van der Waals surface area contributed by atoms with E-state index in [0.29, 0.717) is 33.8 Å². The van der Waals surface area contributed by atoms with Crippen LogP contribution in [0.2, 0.25) is 10.0 Å². The third-order valence-electron chi connectivity index (χ3n) is 3.31. The Morgan fingerprint density at radius 2 is 1.96 bits per heavy atom. The van der Waals surface area contributed by atoms with Crippen LogP contribution in [0.1, 0.15) is 18.1 Å². The summed E-state index contributed by atoms with van der Waals surface area (Å²) in [5.74, 6) is 1.72. The second-order valence-corrected chi connectivity index (χ2v) is 6.91. The second-order valence-electron chi connectivity index (χ2n) is 5.13. The monoisotopic (exact) mass is 383 g/mol. The quantitative estimate of drug-likeness (QED) is 0.678. The Bertz CT molecular complexity index is 722. The lowest BCUT2D eigenvalue weighted by atomic mass is 10.2. The van der Waals surface area contributed by atoms with Gasteiger partial charge in [0, 0.05) is 11.3 Å². The number of nitrogens with one attached hydrogen (secondary N) is 1. The fourth-order valence-electron chi connectivity index (χ4n) is 2.12. The molecule has 0 saturated heterocycles. The van der Waals surface area contributed by atoms with Gasteiger partial charge in [-0.25, -0.2) is 0 Å². The molecular weight excluding hydrogens is 365 g/mol. The van der Waals surface area contributed by atoms with Crippen molar-refractivity contribution in [2.24, 2.45) is 0 Å². The van der Waals surface area contributed by atoms with Gasteiger partial charge < -0.3 is 10.1 Å². The molecule has 0 spiro atoms. The molecule has 0 heterocycles. The average molecular weight is 384 g/mol. The van der Waals surface area contributed by atoms with Gasteiger partial charge in [0.05, 0.1) is 28.1 Å². The Balaban J connectivity index is 1.92. The first-order valence-corrected chi connectivity index (χ1v) is 9.47. The van der Waals surface area contributed by atoms with E-state index >= 15 is 0 Å². The zero-order valence-electron chi connectivity index (χ0n) is 13.6. The highest BCUT2D eigenvalue weighted by atomic mass is 35.5. The molecule has 0 fully saturated rings. The molecule has 2 rings (SSSR count). The van der Waals surface area contributed by atoms with Gasteiger partial charge in [-0.05, 0) is 31.5 Å². The number of hydrogen-bond acceptors (Lipinski definition) is 3. The van der Waals surface area contributed by atoms with Gasteiger partial charge in [-0.2, -0.15) is 0 Å². The first-order chi connectivity index (χ1) is 11.5. The van der Waals surface area contributed by atoms with E-state index in [-0.39, 0.29) is 5.91 Å². The van der Waals surface area contributed by atoms with Crippen molar-refractivity contribution >= 4 is 46.6 Å². The van der Waals surface area contributed by atoms with E-state index in [1.807, 2.05) is 44.2 Å². The Labute approximate surface area is 156 Å². The maximum absolute atomic E-state index is 12.1. The van der Waals surface area contributed by atoms with Crippen molar-refractivity contribution in [3.63, 3.8) is 0 Å². The molecule has 1 amide bonds. The van der Waals surface area contributed by atoms with Crippen molar-refractivity contribution < 1.29 is 9.53 Å². The summed E-state index contributed by atoms with van der Waals surface area (Å²) >= 11 is 13.8. The molecule has 0 aliphatic carbocycles. The van der Waals surface area contributed by atoms with Crippen LogP contribution in [-0.4, -0.2) is 18.3 Å². The zero-order chi connectivity index (χ0) is 17.5. The van der Waals surface area contributed by atoms with Gasteiger partial charge in [0.25, 0.3) is 0 Å². The SMILES string of the molecule is CCOc1ccccc1CSCC(=O)Nc1c(Cl)ccc(C)c1Cl. The van der Waals surface area contributed by atoms with Crippen LogP contribution < -0.4 is 10.1 Å². The normalized spacial score (nSPS) is 10.5. The number of aryl methyl sites for hydroxylation is 1. The highest BCUT2D eigenvalue weighted by molar-refractivity contribution is 7.99. The van der Waals surface area contributed by atoms with Crippen molar-refractivity contribution in [3.8, 4) is 5.75 Å². The van der Waals surface area contributed by atoms with Gasteiger partial charge in [-0.3, -0.25) is 4.79 Å². The van der Waals surface area contributed by atoms with E-state index in [9.17, 15) is 4.79 Å². The minimum atomic E-state index is -0.136. The fourth-order valence-corrected chi connectivity index (χ4v) is 3.40. The number of para-hydroxylation sites is 1. The first kappa shape index (κ1) is 19.0. The molecule has 24 heavy (non-hydrogen) atoms. The molecule has 2 aromatic rings. The second kappa shape index (κ2) is 9.21. The third-order valence-corrected chi connectivity index (χ3v) is 5.10. The molecule has 2 aromatic carbocycles. The van der Waals surface area contributed by atoms with Crippen molar-refractivity contribution in [1.82, 2.24) is 0 Å². The molecule has 128 valence electrons. The minimum absolute atomic E-state index is 0.136. The summed E-state index contributed by atoms with van der Waals surface area (Å²) < 4.78 is 5.59. The Hall–Kier alpha value is -1.36. The van der Waals surface area contributed by atoms with E-state index in [1.54, 1.807) is 6.07 Å². The smallest absolute Gasteiger partial charge is 0.234 e. The molecule has 1 N–H and O–H groups in total. The van der Waals surface area contributed by atoms with Crippen LogP contribution in [0.3, 0.4) is 0 Å². The summed E-state index contributed by atoms with van der Waals surface area (Å²) in [5.41, 5.74) is 2.41. The van der Waals surface area contributed by atoms with E-state index in [1.165, 1.54) is 11.8 Å². The molecule has 0 aliphatic rings. The van der Waals surface area contributed by atoms with Crippen molar-refractivity contribution in [2.45, 2.75) is 19.6 Å². The number of ether oxygens (including phenoxy) is 1. The van der Waals surface area contributed by atoms with Crippen LogP contribution in [-0.2, 0) is 10.5 Å². The van der Waals surface area contributed by atoms with E-state index in [2.05, 4.69) is 5.32 Å². The Kier molecular flexibility index (Phi) is 7.28. The van der Waals surface area contributed by atoms with Crippen molar-refractivity contribution in [3.05, 3.63) is 57.6 Å². The first-order valence-electron chi connectivity index (χ1n) is 7.55.